The third kappa shape index (κ3) is 5.16. The van der Waals surface area contributed by atoms with Crippen molar-refractivity contribution in [1.29, 1.82) is 0 Å². The van der Waals surface area contributed by atoms with Crippen molar-refractivity contribution in [1.82, 2.24) is 15.1 Å². The van der Waals surface area contributed by atoms with Gasteiger partial charge in [0.1, 0.15) is 0 Å². The average molecular weight is 343 g/mol. The lowest BCUT2D eigenvalue weighted by Crippen LogP contribution is -2.49. The predicted molar refractivity (Wildman–Crippen MR) is 90.8 cm³/mol. The lowest BCUT2D eigenvalue weighted by atomic mass is 10.1. The minimum atomic E-state index is -0.401. The monoisotopic (exact) mass is 342 g/mol. The van der Waals surface area contributed by atoms with Gasteiger partial charge in [-0.2, -0.15) is 0 Å². The van der Waals surface area contributed by atoms with Gasteiger partial charge in [-0.15, -0.1) is 12.4 Å². The second kappa shape index (κ2) is 8.81. The van der Waals surface area contributed by atoms with Crippen molar-refractivity contribution in [2.75, 3.05) is 39.8 Å². The minimum absolute atomic E-state index is 0. The fraction of sp³-hybridized carbons (Fsp3) is 0.533. The first kappa shape index (κ1) is 19.3. The average Bonchev–Trinajstić information content (AvgIpc) is 2.54. The SMILES string of the molecule is CC(c1cccc([N+](=O)[O-])c1)N(C)CC(=O)N1CCNCC1.Cl. The molecule has 1 unspecified atom stereocenters. The van der Waals surface area contributed by atoms with Crippen molar-refractivity contribution in [3.63, 3.8) is 0 Å². The molecule has 0 saturated carbocycles. The van der Waals surface area contributed by atoms with Crippen LogP contribution in [0.1, 0.15) is 18.5 Å². The van der Waals surface area contributed by atoms with E-state index in [0.29, 0.717) is 6.54 Å². The molecule has 1 saturated heterocycles. The van der Waals surface area contributed by atoms with Gasteiger partial charge < -0.3 is 10.2 Å². The summed E-state index contributed by atoms with van der Waals surface area (Å²) in [6.07, 6.45) is 0. The van der Waals surface area contributed by atoms with Crippen molar-refractivity contribution < 1.29 is 9.72 Å². The maximum Gasteiger partial charge on any atom is 0.269 e. The van der Waals surface area contributed by atoms with Gasteiger partial charge >= 0.3 is 0 Å². The highest BCUT2D eigenvalue weighted by molar-refractivity contribution is 5.85. The van der Waals surface area contributed by atoms with E-state index in [0.717, 1.165) is 31.7 Å². The third-order valence-corrected chi connectivity index (χ3v) is 4.08. The number of benzene rings is 1. The van der Waals surface area contributed by atoms with E-state index < -0.39 is 4.92 Å². The minimum Gasteiger partial charge on any atom is -0.339 e. The number of nitrogens with zero attached hydrogens (tertiary/aromatic N) is 3. The summed E-state index contributed by atoms with van der Waals surface area (Å²) in [5.41, 5.74) is 0.913. The largest absolute Gasteiger partial charge is 0.339 e. The molecule has 8 heteroatoms. The molecule has 1 fully saturated rings. The Bertz CT molecular complexity index is 549. The smallest absolute Gasteiger partial charge is 0.269 e. The number of carbonyl (C=O) groups is 1. The van der Waals surface area contributed by atoms with Gasteiger partial charge in [0.2, 0.25) is 5.91 Å². The van der Waals surface area contributed by atoms with Crippen LogP contribution in [0.4, 0.5) is 5.69 Å². The van der Waals surface area contributed by atoms with Gasteiger partial charge in [0.15, 0.2) is 0 Å². The van der Waals surface area contributed by atoms with E-state index >= 15 is 0 Å². The van der Waals surface area contributed by atoms with Crippen LogP contribution in [0.25, 0.3) is 0 Å². The lowest BCUT2D eigenvalue weighted by Gasteiger charge is -2.31. The molecule has 1 atom stereocenters. The standard InChI is InChI=1S/C15H22N4O3.ClH/c1-12(13-4-3-5-14(10-13)19(21)22)17(2)11-15(20)18-8-6-16-7-9-18;/h3-5,10,12,16H,6-9,11H2,1-2H3;1H. The number of piperazine rings is 1. The summed E-state index contributed by atoms with van der Waals surface area (Å²) in [7, 11) is 1.86. The summed E-state index contributed by atoms with van der Waals surface area (Å²) in [6, 6.07) is 6.50. The molecule has 23 heavy (non-hydrogen) atoms. The van der Waals surface area contributed by atoms with Crippen LogP contribution in [-0.2, 0) is 4.79 Å². The van der Waals surface area contributed by atoms with Crippen molar-refractivity contribution in [3.8, 4) is 0 Å². The Hall–Kier alpha value is -1.70. The van der Waals surface area contributed by atoms with Gasteiger partial charge in [0, 0.05) is 44.4 Å². The van der Waals surface area contributed by atoms with E-state index in [4.69, 9.17) is 0 Å². The normalized spacial score (nSPS) is 15.9. The highest BCUT2D eigenvalue weighted by Gasteiger charge is 2.21. The van der Waals surface area contributed by atoms with Crippen LogP contribution in [0.2, 0.25) is 0 Å². The number of non-ortho nitro benzene ring substituents is 1. The summed E-state index contributed by atoms with van der Waals surface area (Å²) in [4.78, 5) is 26.5. The fourth-order valence-electron chi connectivity index (χ4n) is 2.52. The molecule has 1 N–H and O–H groups in total. The molecule has 0 bridgehead atoms. The highest BCUT2D eigenvalue weighted by Crippen LogP contribution is 2.22. The Morgan fingerprint density at radius 1 is 1.43 bits per heavy atom. The van der Waals surface area contributed by atoms with E-state index in [1.807, 2.05) is 29.8 Å². The van der Waals surface area contributed by atoms with E-state index in [-0.39, 0.29) is 30.0 Å². The molecule has 1 aromatic carbocycles. The van der Waals surface area contributed by atoms with Crippen LogP contribution >= 0.6 is 12.4 Å². The van der Waals surface area contributed by atoms with Crippen molar-refractivity contribution in [2.45, 2.75) is 13.0 Å². The van der Waals surface area contributed by atoms with Crippen molar-refractivity contribution in [3.05, 3.63) is 39.9 Å². The molecular formula is C15H23ClN4O3. The Labute approximate surface area is 142 Å². The number of hydrogen-bond acceptors (Lipinski definition) is 5. The summed E-state index contributed by atoms with van der Waals surface area (Å²) >= 11 is 0. The second-order valence-electron chi connectivity index (χ2n) is 5.57. The number of carbonyl (C=O) groups excluding carboxylic acids is 1. The van der Waals surface area contributed by atoms with Gasteiger partial charge in [-0.3, -0.25) is 19.8 Å². The molecule has 7 nitrogen and oxygen atoms in total. The van der Waals surface area contributed by atoms with Gasteiger partial charge in [-0.1, -0.05) is 12.1 Å². The Balaban J connectivity index is 0.00000264. The summed E-state index contributed by atoms with van der Waals surface area (Å²) in [6.45, 7) is 5.38. The maximum absolute atomic E-state index is 12.3. The molecule has 1 amide bonds. The van der Waals surface area contributed by atoms with Gasteiger partial charge in [-0.05, 0) is 19.5 Å². The summed E-state index contributed by atoms with van der Waals surface area (Å²) < 4.78 is 0. The first-order valence-electron chi connectivity index (χ1n) is 7.42. The Morgan fingerprint density at radius 2 is 2.09 bits per heavy atom. The number of rotatable bonds is 5. The fourth-order valence-corrected chi connectivity index (χ4v) is 2.52. The van der Waals surface area contributed by atoms with Gasteiger partial charge in [0.25, 0.3) is 5.69 Å². The molecule has 1 aliphatic rings. The second-order valence-corrected chi connectivity index (χ2v) is 5.57. The first-order chi connectivity index (χ1) is 10.5. The van der Waals surface area contributed by atoms with E-state index in [1.165, 1.54) is 6.07 Å². The molecule has 0 spiro atoms. The maximum atomic E-state index is 12.3. The lowest BCUT2D eigenvalue weighted by molar-refractivity contribution is -0.384. The molecule has 1 aromatic rings. The molecule has 0 aromatic heterocycles. The summed E-state index contributed by atoms with van der Waals surface area (Å²) in [5, 5.41) is 14.1. The van der Waals surface area contributed by atoms with Crippen LogP contribution in [-0.4, -0.2) is 60.4 Å². The quantitative estimate of drug-likeness (QED) is 0.647. The van der Waals surface area contributed by atoms with Crippen LogP contribution in [0, 0.1) is 10.1 Å². The number of nitro benzene ring substituents is 1. The van der Waals surface area contributed by atoms with Crippen LogP contribution in [0.3, 0.4) is 0 Å². The topological polar surface area (TPSA) is 78.7 Å². The van der Waals surface area contributed by atoms with Crippen LogP contribution in [0.5, 0.6) is 0 Å². The zero-order chi connectivity index (χ0) is 16.1. The highest BCUT2D eigenvalue weighted by atomic mass is 35.5. The van der Waals surface area contributed by atoms with E-state index in [9.17, 15) is 14.9 Å². The van der Waals surface area contributed by atoms with E-state index in [1.54, 1.807) is 12.1 Å². The van der Waals surface area contributed by atoms with Gasteiger partial charge in [-0.25, -0.2) is 0 Å². The molecule has 128 valence electrons. The molecular weight excluding hydrogens is 320 g/mol. The molecule has 0 aliphatic carbocycles. The number of likely N-dealkylation sites (N-methyl/N-ethyl adjacent to an activating group) is 1. The summed E-state index contributed by atoms with van der Waals surface area (Å²) in [5.74, 6) is 0.0984. The van der Waals surface area contributed by atoms with Crippen molar-refractivity contribution >= 4 is 24.0 Å². The molecule has 2 rings (SSSR count). The number of nitrogens with one attached hydrogen (secondary N) is 1. The Morgan fingerprint density at radius 3 is 2.70 bits per heavy atom. The Kier molecular flexibility index (Phi) is 7.41. The number of nitro groups is 1. The van der Waals surface area contributed by atoms with Crippen LogP contribution < -0.4 is 5.32 Å². The molecule has 1 aliphatic heterocycles. The number of amides is 1. The molecule has 1 heterocycles. The zero-order valence-electron chi connectivity index (χ0n) is 13.4. The zero-order valence-corrected chi connectivity index (χ0v) is 14.2. The van der Waals surface area contributed by atoms with Gasteiger partial charge in [0.05, 0.1) is 11.5 Å². The number of halogens is 1. The first-order valence-corrected chi connectivity index (χ1v) is 7.42. The van der Waals surface area contributed by atoms with Crippen LogP contribution in [0.15, 0.2) is 24.3 Å². The van der Waals surface area contributed by atoms with Crippen molar-refractivity contribution in [2.24, 2.45) is 0 Å². The number of hydrogen-bond donors (Lipinski definition) is 1. The third-order valence-electron chi connectivity index (χ3n) is 4.08. The molecule has 0 radical (unpaired) electrons. The van der Waals surface area contributed by atoms with E-state index in [2.05, 4.69) is 5.32 Å². The predicted octanol–water partition coefficient (Wildman–Crippen LogP) is 1.44.